The van der Waals surface area contributed by atoms with E-state index in [1.807, 2.05) is 0 Å². The van der Waals surface area contributed by atoms with Crippen molar-refractivity contribution in [1.29, 1.82) is 0 Å². The molecule has 0 aliphatic rings. The second kappa shape index (κ2) is 5.24. The van der Waals surface area contributed by atoms with Gasteiger partial charge in [0, 0.05) is 12.1 Å². The van der Waals surface area contributed by atoms with Crippen LogP contribution in [-0.2, 0) is 0 Å². The van der Waals surface area contributed by atoms with Crippen molar-refractivity contribution in [3.63, 3.8) is 0 Å². The van der Waals surface area contributed by atoms with Gasteiger partial charge in [-0.15, -0.1) is 0 Å². The summed E-state index contributed by atoms with van der Waals surface area (Å²) in [6, 6.07) is 6.09. The van der Waals surface area contributed by atoms with E-state index in [0.717, 1.165) is 18.5 Å². The molecule has 0 spiro atoms. The maximum absolute atomic E-state index is 13.0. The highest BCUT2D eigenvalue weighted by Crippen LogP contribution is 2.31. The quantitative estimate of drug-likeness (QED) is 0.789. The van der Waals surface area contributed by atoms with Crippen LogP contribution >= 0.6 is 0 Å². The molecule has 0 unspecified atom stereocenters. The highest BCUT2D eigenvalue weighted by Gasteiger charge is 2.16. The van der Waals surface area contributed by atoms with Crippen LogP contribution in [0.25, 0.3) is 22.4 Å². The van der Waals surface area contributed by atoms with Crippen molar-refractivity contribution in [2.24, 2.45) is 0 Å². The van der Waals surface area contributed by atoms with Gasteiger partial charge in [-0.05, 0) is 30.7 Å². The first-order chi connectivity index (χ1) is 9.79. The van der Waals surface area contributed by atoms with Crippen LogP contribution in [0.5, 0.6) is 0 Å². The molecule has 0 atom stereocenters. The molecule has 0 aliphatic carbocycles. The Bertz CT molecular complexity index is 724. The second-order valence-electron chi connectivity index (χ2n) is 4.37. The smallest absolute Gasteiger partial charge is 0.263 e. The topological polar surface area (TPSA) is 63.8 Å². The lowest BCUT2D eigenvalue weighted by Gasteiger charge is -2.04. The zero-order valence-corrected chi connectivity index (χ0v) is 10.9. The predicted octanol–water partition coefficient (Wildman–Crippen LogP) is 3.25. The molecule has 0 saturated carbocycles. The summed E-state index contributed by atoms with van der Waals surface area (Å²) in [6.07, 6.45) is 2.41. The molecule has 0 aliphatic heterocycles. The van der Waals surface area contributed by atoms with Crippen molar-refractivity contribution in [2.45, 2.75) is 13.3 Å². The number of hydrogen-bond acceptors (Lipinski definition) is 5. The number of aromatic nitrogens is 3. The minimum atomic E-state index is -0.290. The molecule has 1 aromatic carbocycles. The molecule has 5 nitrogen and oxygen atoms in total. The van der Waals surface area contributed by atoms with Crippen LogP contribution < -0.4 is 5.32 Å². The average Bonchev–Trinajstić information content (AvgIpc) is 2.90. The van der Waals surface area contributed by atoms with Crippen molar-refractivity contribution in [2.75, 3.05) is 11.9 Å². The molecule has 6 heteroatoms. The largest absolute Gasteiger partial charge is 0.369 e. The molecule has 1 N–H and O–H groups in total. The van der Waals surface area contributed by atoms with E-state index < -0.39 is 0 Å². The zero-order valence-electron chi connectivity index (χ0n) is 10.9. The Morgan fingerprint density at radius 1 is 1.20 bits per heavy atom. The summed E-state index contributed by atoms with van der Waals surface area (Å²) in [7, 11) is 0. The minimum absolute atomic E-state index is 0.290. The van der Waals surface area contributed by atoms with E-state index in [0.29, 0.717) is 22.6 Å². The summed E-state index contributed by atoms with van der Waals surface area (Å²) >= 11 is 0. The van der Waals surface area contributed by atoms with Gasteiger partial charge in [0.1, 0.15) is 29.0 Å². The van der Waals surface area contributed by atoms with Crippen LogP contribution in [0.4, 0.5) is 10.2 Å². The van der Waals surface area contributed by atoms with E-state index in [1.165, 1.54) is 18.5 Å². The zero-order chi connectivity index (χ0) is 13.9. The number of nitrogens with zero attached hydrogens (tertiary/aromatic N) is 3. The van der Waals surface area contributed by atoms with Crippen molar-refractivity contribution in [3.05, 3.63) is 36.4 Å². The van der Waals surface area contributed by atoms with Crippen LogP contribution in [0.1, 0.15) is 13.3 Å². The predicted molar refractivity (Wildman–Crippen MR) is 73.8 cm³/mol. The summed E-state index contributed by atoms with van der Waals surface area (Å²) in [5.41, 5.74) is 1.79. The van der Waals surface area contributed by atoms with E-state index >= 15 is 0 Å². The van der Waals surface area contributed by atoms with Gasteiger partial charge in [0.05, 0.1) is 0 Å². The summed E-state index contributed by atoms with van der Waals surface area (Å²) < 4.78 is 18.2. The van der Waals surface area contributed by atoms with E-state index in [-0.39, 0.29) is 5.82 Å². The first kappa shape index (κ1) is 12.5. The van der Waals surface area contributed by atoms with Crippen LogP contribution in [0.3, 0.4) is 0 Å². The van der Waals surface area contributed by atoms with Gasteiger partial charge in [0.15, 0.2) is 0 Å². The Morgan fingerprint density at radius 3 is 2.75 bits per heavy atom. The molecule has 0 radical (unpaired) electrons. The maximum Gasteiger partial charge on any atom is 0.263 e. The molecule has 102 valence electrons. The van der Waals surface area contributed by atoms with Gasteiger partial charge in [-0.1, -0.05) is 12.1 Å². The van der Waals surface area contributed by atoms with Crippen molar-refractivity contribution in [3.8, 4) is 11.3 Å². The Morgan fingerprint density at radius 2 is 2.00 bits per heavy atom. The molecule has 0 saturated heterocycles. The molecule has 2 heterocycles. The normalized spacial score (nSPS) is 10.9. The van der Waals surface area contributed by atoms with Crippen molar-refractivity contribution < 1.29 is 8.91 Å². The minimum Gasteiger partial charge on any atom is -0.369 e. The standard InChI is InChI=1S/C14H13FN4O/c1-2-7-16-13-11-12(9-3-5-10(15)6-4-9)19-20-14(11)18-8-17-13/h3-6,8H,2,7H2,1H3,(H,16,17,18). The number of rotatable bonds is 4. The van der Waals surface area contributed by atoms with Gasteiger partial charge >= 0.3 is 0 Å². The molecule has 3 aromatic rings. The molecule has 3 rings (SSSR count). The second-order valence-corrected chi connectivity index (χ2v) is 4.37. The number of benzene rings is 1. The molecule has 0 bridgehead atoms. The summed E-state index contributed by atoms with van der Waals surface area (Å²) in [5, 5.41) is 7.96. The van der Waals surface area contributed by atoms with Crippen LogP contribution in [-0.4, -0.2) is 21.7 Å². The lowest BCUT2D eigenvalue weighted by molar-refractivity contribution is 0.451. The first-order valence-electron chi connectivity index (χ1n) is 6.39. The Balaban J connectivity index is 2.13. The number of hydrogen-bond donors (Lipinski definition) is 1. The Kier molecular flexibility index (Phi) is 3.28. The number of halogens is 1. The molecule has 0 amide bonds. The summed E-state index contributed by atoms with van der Waals surface area (Å²) in [5.74, 6) is 0.388. The van der Waals surface area contributed by atoms with Gasteiger partial charge < -0.3 is 9.84 Å². The van der Waals surface area contributed by atoms with Gasteiger partial charge in [0.2, 0.25) is 0 Å². The number of nitrogens with one attached hydrogen (secondary N) is 1. The van der Waals surface area contributed by atoms with E-state index in [9.17, 15) is 4.39 Å². The van der Waals surface area contributed by atoms with Crippen molar-refractivity contribution >= 4 is 16.9 Å². The maximum atomic E-state index is 13.0. The average molecular weight is 272 g/mol. The van der Waals surface area contributed by atoms with E-state index in [1.54, 1.807) is 12.1 Å². The van der Waals surface area contributed by atoms with Crippen molar-refractivity contribution in [1.82, 2.24) is 15.1 Å². The van der Waals surface area contributed by atoms with Crippen LogP contribution in [0.15, 0.2) is 35.1 Å². The summed E-state index contributed by atoms with van der Waals surface area (Å²) in [6.45, 7) is 2.86. The number of anilines is 1. The third-order valence-corrected chi connectivity index (χ3v) is 2.93. The molecule has 2 aromatic heterocycles. The van der Waals surface area contributed by atoms with Gasteiger partial charge in [-0.25, -0.2) is 9.37 Å². The molecule has 20 heavy (non-hydrogen) atoms. The summed E-state index contributed by atoms with van der Waals surface area (Å²) in [4.78, 5) is 8.28. The van der Waals surface area contributed by atoms with E-state index in [2.05, 4.69) is 27.4 Å². The fourth-order valence-corrected chi connectivity index (χ4v) is 1.97. The highest BCUT2D eigenvalue weighted by molar-refractivity contribution is 5.97. The lowest BCUT2D eigenvalue weighted by atomic mass is 10.1. The monoisotopic (exact) mass is 272 g/mol. The van der Waals surface area contributed by atoms with Crippen LogP contribution in [0, 0.1) is 5.82 Å². The van der Waals surface area contributed by atoms with Gasteiger partial charge in [-0.3, -0.25) is 0 Å². The molecular weight excluding hydrogens is 259 g/mol. The van der Waals surface area contributed by atoms with E-state index in [4.69, 9.17) is 4.52 Å². The third-order valence-electron chi connectivity index (χ3n) is 2.93. The number of fused-ring (bicyclic) bond motifs is 1. The SMILES string of the molecule is CCCNc1ncnc2onc(-c3ccc(F)cc3)c12. The highest BCUT2D eigenvalue weighted by atomic mass is 19.1. The van der Waals surface area contributed by atoms with Gasteiger partial charge in [-0.2, -0.15) is 4.98 Å². The fourth-order valence-electron chi connectivity index (χ4n) is 1.97. The molecular formula is C14H13FN4O. The van der Waals surface area contributed by atoms with Crippen LogP contribution in [0.2, 0.25) is 0 Å². The Hall–Kier alpha value is -2.50. The van der Waals surface area contributed by atoms with Gasteiger partial charge in [0.25, 0.3) is 5.71 Å². The fraction of sp³-hybridized carbons (Fsp3) is 0.214. The lowest BCUT2D eigenvalue weighted by Crippen LogP contribution is -2.02. The third kappa shape index (κ3) is 2.20. The Labute approximate surface area is 114 Å². The first-order valence-corrected chi connectivity index (χ1v) is 6.39. The molecule has 0 fully saturated rings.